The molecule has 9 heteroatoms. The quantitative estimate of drug-likeness (QED) is 0.717. The molecule has 0 bridgehead atoms. The van der Waals surface area contributed by atoms with E-state index in [2.05, 4.69) is 24.8 Å². The first-order chi connectivity index (χ1) is 12.5. The molecule has 136 valence electrons. The second-order valence-electron chi connectivity index (χ2n) is 6.23. The van der Waals surface area contributed by atoms with E-state index in [1.807, 2.05) is 6.07 Å². The lowest BCUT2D eigenvalue weighted by molar-refractivity contribution is -0.137. The number of hydrogen-bond acceptors (Lipinski definition) is 5. The summed E-state index contributed by atoms with van der Waals surface area (Å²) in [5.41, 5.74) is 0.413. The number of nitrogens with zero attached hydrogens (tertiary/aromatic N) is 6. The van der Waals surface area contributed by atoms with Crippen LogP contribution in [0, 0.1) is 0 Å². The summed E-state index contributed by atoms with van der Waals surface area (Å²) in [6, 6.07) is 5.53. The molecule has 0 unspecified atom stereocenters. The smallest absolute Gasteiger partial charge is 0.354 e. The number of piperazine rings is 1. The second kappa shape index (κ2) is 6.56. The SMILES string of the molecule is FC(F)(F)c1ccc2ncn(CN3CCN(c4ccncn4)CC3)c2c1. The van der Waals surface area contributed by atoms with Gasteiger partial charge in [0.2, 0.25) is 0 Å². The molecule has 1 aliphatic rings. The van der Waals surface area contributed by atoms with Crippen LogP contribution < -0.4 is 4.90 Å². The Hall–Kier alpha value is -2.68. The molecule has 3 aromatic rings. The van der Waals surface area contributed by atoms with E-state index in [4.69, 9.17) is 0 Å². The molecule has 0 radical (unpaired) electrons. The van der Waals surface area contributed by atoms with E-state index in [0.29, 0.717) is 17.7 Å². The molecule has 0 aliphatic carbocycles. The summed E-state index contributed by atoms with van der Waals surface area (Å²) < 4.78 is 40.7. The standard InChI is InChI=1S/C17H17F3N6/c18-17(19,20)13-1-2-14-15(9-13)26(11-23-14)12-24-5-7-25(8-6-24)16-3-4-21-10-22-16/h1-4,9-11H,5-8,12H2. The van der Waals surface area contributed by atoms with Crippen LogP contribution in [0.2, 0.25) is 0 Å². The van der Waals surface area contributed by atoms with Crippen LogP contribution in [-0.4, -0.2) is 50.6 Å². The highest BCUT2D eigenvalue weighted by Crippen LogP contribution is 2.31. The highest BCUT2D eigenvalue weighted by molar-refractivity contribution is 5.76. The van der Waals surface area contributed by atoms with Crippen molar-refractivity contribution in [3.8, 4) is 0 Å². The molecule has 1 aliphatic heterocycles. The highest BCUT2D eigenvalue weighted by Gasteiger charge is 2.31. The molecule has 2 aromatic heterocycles. The van der Waals surface area contributed by atoms with Crippen LogP contribution in [0.15, 0.2) is 43.1 Å². The molecule has 4 rings (SSSR count). The van der Waals surface area contributed by atoms with Crippen molar-refractivity contribution in [2.24, 2.45) is 0 Å². The molecule has 6 nitrogen and oxygen atoms in total. The summed E-state index contributed by atoms with van der Waals surface area (Å²) in [6.07, 6.45) is 0.482. The van der Waals surface area contributed by atoms with Gasteiger partial charge >= 0.3 is 6.18 Å². The summed E-state index contributed by atoms with van der Waals surface area (Å²) in [4.78, 5) is 16.7. The minimum atomic E-state index is -4.35. The zero-order chi connectivity index (χ0) is 18.1. The van der Waals surface area contributed by atoms with Crippen LogP contribution in [-0.2, 0) is 12.8 Å². The molecule has 1 aromatic carbocycles. The largest absolute Gasteiger partial charge is 0.416 e. The Labute approximate surface area is 147 Å². The number of rotatable bonds is 3. The summed E-state index contributed by atoms with van der Waals surface area (Å²) in [5.74, 6) is 0.891. The van der Waals surface area contributed by atoms with Crippen molar-refractivity contribution in [1.29, 1.82) is 0 Å². The number of anilines is 1. The Morgan fingerprint density at radius 1 is 1.00 bits per heavy atom. The van der Waals surface area contributed by atoms with E-state index in [0.717, 1.165) is 38.1 Å². The summed E-state index contributed by atoms with van der Waals surface area (Å²) in [6.45, 7) is 3.70. The van der Waals surface area contributed by atoms with Gasteiger partial charge in [-0.3, -0.25) is 4.90 Å². The van der Waals surface area contributed by atoms with Gasteiger partial charge in [-0.1, -0.05) is 0 Å². The van der Waals surface area contributed by atoms with Gasteiger partial charge in [0.1, 0.15) is 12.1 Å². The van der Waals surface area contributed by atoms with Crippen LogP contribution in [0.5, 0.6) is 0 Å². The third-order valence-electron chi connectivity index (χ3n) is 4.56. The minimum Gasteiger partial charge on any atom is -0.354 e. The van der Waals surface area contributed by atoms with E-state index in [9.17, 15) is 13.2 Å². The Bertz CT molecular complexity index is 884. The molecule has 0 N–H and O–H groups in total. The second-order valence-corrected chi connectivity index (χ2v) is 6.23. The third kappa shape index (κ3) is 3.34. The summed E-state index contributed by atoms with van der Waals surface area (Å²) in [5, 5.41) is 0. The van der Waals surface area contributed by atoms with Gasteiger partial charge in [0, 0.05) is 32.4 Å². The Kier molecular flexibility index (Phi) is 4.23. The van der Waals surface area contributed by atoms with Gasteiger partial charge in [-0.2, -0.15) is 13.2 Å². The van der Waals surface area contributed by atoms with Gasteiger partial charge in [0.05, 0.1) is 29.6 Å². The maximum Gasteiger partial charge on any atom is 0.416 e. The van der Waals surface area contributed by atoms with Crippen molar-refractivity contribution in [3.05, 3.63) is 48.7 Å². The number of alkyl halides is 3. The van der Waals surface area contributed by atoms with Crippen LogP contribution in [0.4, 0.5) is 19.0 Å². The zero-order valence-corrected chi connectivity index (χ0v) is 13.9. The monoisotopic (exact) mass is 362 g/mol. The van der Waals surface area contributed by atoms with Crippen molar-refractivity contribution >= 4 is 16.9 Å². The molecule has 0 atom stereocenters. The van der Waals surface area contributed by atoms with Gasteiger partial charge in [-0.15, -0.1) is 0 Å². The zero-order valence-electron chi connectivity index (χ0n) is 13.9. The van der Waals surface area contributed by atoms with E-state index in [-0.39, 0.29) is 0 Å². The van der Waals surface area contributed by atoms with Gasteiger partial charge in [-0.05, 0) is 24.3 Å². The number of imidazole rings is 1. The molecule has 0 spiro atoms. The molecule has 1 saturated heterocycles. The van der Waals surface area contributed by atoms with E-state index >= 15 is 0 Å². The van der Waals surface area contributed by atoms with E-state index in [1.165, 1.54) is 18.5 Å². The Balaban J connectivity index is 1.47. The number of aromatic nitrogens is 4. The van der Waals surface area contributed by atoms with Crippen LogP contribution in [0.3, 0.4) is 0 Å². The first kappa shape index (κ1) is 16.8. The predicted molar refractivity (Wildman–Crippen MR) is 90.6 cm³/mol. The number of hydrogen-bond donors (Lipinski definition) is 0. The Morgan fingerprint density at radius 3 is 2.50 bits per heavy atom. The first-order valence-electron chi connectivity index (χ1n) is 8.26. The third-order valence-corrected chi connectivity index (χ3v) is 4.56. The van der Waals surface area contributed by atoms with E-state index in [1.54, 1.807) is 17.1 Å². The van der Waals surface area contributed by atoms with Crippen LogP contribution >= 0.6 is 0 Å². The van der Waals surface area contributed by atoms with Crippen LogP contribution in [0.25, 0.3) is 11.0 Å². The lowest BCUT2D eigenvalue weighted by Gasteiger charge is -2.35. The average molecular weight is 362 g/mol. The highest BCUT2D eigenvalue weighted by atomic mass is 19.4. The number of benzene rings is 1. The fourth-order valence-electron chi connectivity index (χ4n) is 3.15. The first-order valence-corrected chi connectivity index (χ1v) is 8.26. The van der Waals surface area contributed by atoms with Crippen LogP contribution in [0.1, 0.15) is 5.56 Å². The summed E-state index contributed by atoms with van der Waals surface area (Å²) >= 11 is 0. The van der Waals surface area contributed by atoms with Gasteiger partial charge < -0.3 is 9.47 Å². The Morgan fingerprint density at radius 2 is 1.81 bits per heavy atom. The lowest BCUT2D eigenvalue weighted by atomic mass is 10.2. The molecule has 3 heterocycles. The number of halogens is 3. The molecule has 0 amide bonds. The van der Waals surface area contributed by atoms with Gasteiger partial charge in [-0.25, -0.2) is 15.0 Å². The van der Waals surface area contributed by atoms with Gasteiger partial charge in [0.15, 0.2) is 0 Å². The predicted octanol–water partition coefficient (Wildman–Crippen LogP) is 2.62. The van der Waals surface area contributed by atoms with Crippen molar-refractivity contribution in [2.45, 2.75) is 12.8 Å². The normalized spacial score (nSPS) is 16.3. The molecule has 1 fully saturated rings. The molecule has 0 saturated carbocycles. The fourth-order valence-corrected chi connectivity index (χ4v) is 3.15. The van der Waals surface area contributed by atoms with Crippen molar-refractivity contribution in [2.75, 3.05) is 31.1 Å². The molecular weight excluding hydrogens is 345 g/mol. The average Bonchev–Trinajstić information content (AvgIpc) is 3.05. The fraction of sp³-hybridized carbons (Fsp3) is 0.353. The molecular formula is C17H17F3N6. The number of fused-ring (bicyclic) bond motifs is 1. The topological polar surface area (TPSA) is 50.1 Å². The maximum atomic E-state index is 13.0. The van der Waals surface area contributed by atoms with Crippen molar-refractivity contribution in [3.63, 3.8) is 0 Å². The lowest BCUT2D eigenvalue weighted by Crippen LogP contribution is -2.47. The van der Waals surface area contributed by atoms with Crippen molar-refractivity contribution in [1.82, 2.24) is 24.4 Å². The van der Waals surface area contributed by atoms with Gasteiger partial charge in [0.25, 0.3) is 0 Å². The maximum absolute atomic E-state index is 13.0. The molecule has 26 heavy (non-hydrogen) atoms. The summed E-state index contributed by atoms with van der Waals surface area (Å²) in [7, 11) is 0. The van der Waals surface area contributed by atoms with E-state index < -0.39 is 11.7 Å². The minimum absolute atomic E-state index is 0.498. The van der Waals surface area contributed by atoms with Crippen molar-refractivity contribution < 1.29 is 13.2 Å².